The minimum atomic E-state index is 0.617. The van der Waals surface area contributed by atoms with Crippen molar-refractivity contribution in [3.05, 3.63) is 70.8 Å². The van der Waals surface area contributed by atoms with Gasteiger partial charge in [0.1, 0.15) is 12.4 Å². The van der Waals surface area contributed by atoms with Gasteiger partial charge in [-0.25, -0.2) is 0 Å². The zero-order chi connectivity index (χ0) is 15.2. The lowest BCUT2D eigenvalue weighted by Crippen LogP contribution is -1.98. The number of ether oxygens (including phenoxy) is 1. The maximum Gasteiger partial charge on any atom is 0.120 e. The van der Waals surface area contributed by atoms with E-state index in [1.165, 1.54) is 27.8 Å². The first-order chi connectivity index (χ1) is 10.1. The van der Waals surface area contributed by atoms with E-state index in [0.29, 0.717) is 6.61 Å². The van der Waals surface area contributed by atoms with Crippen LogP contribution in [0.15, 0.2) is 48.5 Å². The van der Waals surface area contributed by atoms with Gasteiger partial charge in [0, 0.05) is 0 Å². The molecule has 0 fully saturated rings. The van der Waals surface area contributed by atoms with Crippen molar-refractivity contribution in [1.29, 1.82) is 0 Å². The molecule has 0 aliphatic rings. The largest absolute Gasteiger partial charge is 0.489 e. The molecule has 2 aromatic carbocycles. The summed E-state index contributed by atoms with van der Waals surface area (Å²) in [6.07, 6.45) is 3.30. The number of hydrogen-bond acceptors (Lipinski definition) is 1. The summed E-state index contributed by atoms with van der Waals surface area (Å²) < 4.78 is 6.00. The average molecular weight is 280 g/mol. The Labute approximate surface area is 128 Å². The van der Waals surface area contributed by atoms with Crippen LogP contribution in [0.3, 0.4) is 0 Å². The highest BCUT2D eigenvalue weighted by Crippen LogP contribution is 2.24. The quantitative estimate of drug-likeness (QED) is 0.683. The molecule has 0 saturated heterocycles. The first kappa shape index (κ1) is 15.4. The van der Waals surface area contributed by atoms with Crippen molar-refractivity contribution in [3.8, 4) is 5.75 Å². The molecule has 0 saturated carbocycles. The molecule has 0 atom stereocenters. The Morgan fingerprint density at radius 2 is 1.86 bits per heavy atom. The van der Waals surface area contributed by atoms with Crippen LogP contribution in [0.5, 0.6) is 5.75 Å². The summed E-state index contributed by atoms with van der Waals surface area (Å²) in [6, 6.07) is 14.8. The molecular formula is C20H24O. The molecule has 21 heavy (non-hydrogen) atoms. The predicted octanol–water partition coefficient (Wildman–Crippen LogP) is 5.70. The highest BCUT2D eigenvalue weighted by atomic mass is 16.5. The van der Waals surface area contributed by atoms with E-state index in [9.17, 15) is 0 Å². The summed E-state index contributed by atoms with van der Waals surface area (Å²) in [5, 5.41) is 0. The van der Waals surface area contributed by atoms with E-state index in [4.69, 9.17) is 4.74 Å². The number of rotatable bonds is 5. The van der Waals surface area contributed by atoms with Gasteiger partial charge >= 0.3 is 0 Å². The molecule has 110 valence electrons. The molecule has 0 bridgehead atoms. The van der Waals surface area contributed by atoms with Crippen LogP contribution in [-0.4, -0.2) is 0 Å². The van der Waals surface area contributed by atoms with Gasteiger partial charge in [0.2, 0.25) is 0 Å². The number of allylic oxidation sites excluding steroid dienone is 2. The summed E-state index contributed by atoms with van der Waals surface area (Å²) in [5.41, 5.74) is 6.29. The molecule has 0 amide bonds. The molecule has 0 spiro atoms. The van der Waals surface area contributed by atoms with Crippen LogP contribution in [0, 0.1) is 13.8 Å². The minimum absolute atomic E-state index is 0.617. The van der Waals surface area contributed by atoms with Crippen LogP contribution in [0.1, 0.15) is 42.5 Å². The van der Waals surface area contributed by atoms with Crippen LogP contribution in [0.4, 0.5) is 0 Å². The molecule has 0 aliphatic carbocycles. The van der Waals surface area contributed by atoms with Crippen molar-refractivity contribution in [2.24, 2.45) is 0 Å². The number of benzene rings is 2. The maximum absolute atomic E-state index is 6.00. The molecular weight excluding hydrogens is 256 g/mol. The van der Waals surface area contributed by atoms with E-state index in [0.717, 1.165) is 12.2 Å². The Kier molecular flexibility index (Phi) is 5.21. The van der Waals surface area contributed by atoms with Crippen LogP contribution in [-0.2, 0) is 6.61 Å². The standard InChI is InChI=1S/C20H24O/c1-5-8-16(3)19-11-15(2)12-20(13-19)21-14-18-10-7-6-9-17(18)4/h6-13H,5,14H2,1-4H3/b16-8-. The third-order valence-corrected chi connectivity index (χ3v) is 3.67. The third kappa shape index (κ3) is 4.22. The van der Waals surface area contributed by atoms with E-state index < -0.39 is 0 Å². The van der Waals surface area contributed by atoms with Gasteiger partial charge in [-0.15, -0.1) is 0 Å². The van der Waals surface area contributed by atoms with E-state index >= 15 is 0 Å². The second kappa shape index (κ2) is 7.12. The number of hydrogen-bond donors (Lipinski definition) is 0. The van der Waals surface area contributed by atoms with Gasteiger partial charge in [0.05, 0.1) is 0 Å². The topological polar surface area (TPSA) is 9.23 Å². The summed E-state index contributed by atoms with van der Waals surface area (Å²) in [7, 11) is 0. The van der Waals surface area contributed by atoms with Gasteiger partial charge in [0.15, 0.2) is 0 Å². The Morgan fingerprint density at radius 3 is 2.57 bits per heavy atom. The zero-order valence-electron chi connectivity index (χ0n) is 13.4. The van der Waals surface area contributed by atoms with Crippen LogP contribution < -0.4 is 4.74 Å². The highest BCUT2D eigenvalue weighted by Gasteiger charge is 2.03. The normalized spacial score (nSPS) is 11.5. The van der Waals surface area contributed by atoms with E-state index in [1.807, 2.05) is 0 Å². The molecule has 2 rings (SSSR count). The van der Waals surface area contributed by atoms with E-state index in [2.05, 4.69) is 76.2 Å². The second-order valence-electron chi connectivity index (χ2n) is 5.55. The molecule has 1 nitrogen and oxygen atoms in total. The lowest BCUT2D eigenvalue weighted by molar-refractivity contribution is 0.305. The molecule has 0 heterocycles. The van der Waals surface area contributed by atoms with Crippen LogP contribution in [0.2, 0.25) is 0 Å². The molecule has 0 N–H and O–H groups in total. The first-order valence-corrected chi connectivity index (χ1v) is 7.56. The Morgan fingerprint density at radius 1 is 1.10 bits per heavy atom. The predicted molar refractivity (Wildman–Crippen MR) is 90.6 cm³/mol. The number of aryl methyl sites for hydroxylation is 2. The molecule has 0 aromatic heterocycles. The average Bonchev–Trinajstić information content (AvgIpc) is 2.46. The summed E-state index contributed by atoms with van der Waals surface area (Å²) in [6.45, 7) is 9.17. The molecule has 0 unspecified atom stereocenters. The monoisotopic (exact) mass is 280 g/mol. The van der Waals surface area contributed by atoms with Crippen molar-refractivity contribution in [2.45, 2.75) is 40.7 Å². The van der Waals surface area contributed by atoms with E-state index in [1.54, 1.807) is 0 Å². The first-order valence-electron chi connectivity index (χ1n) is 7.56. The molecule has 1 heteroatoms. The lowest BCUT2D eigenvalue weighted by atomic mass is 10.0. The van der Waals surface area contributed by atoms with Crippen molar-refractivity contribution < 1.29 is 4.74 Å². The smallest absolute Gasteiger partial charge is 0.120 e. The highest BCUT2D eigenvalue weighted by molar-refractivity contribution is 5.65. The lowest BCUT2D eigenvalue weighted by Gasteiger charge is -2.11. The van der Waals surface area contributed by atoms with Gasteiger partial charge in [-0.05, 0) is 67.2 Å². The van der Waals surface area contributed by atoms with Crippen LogP contribution in [0.25, 0.3) is 5.57 Å². The Balaban J connectivity index is 2.17. The SMILES string of the molecule is CC/C=C(/C)c1cc(C)cc(OCc2ccccc2C)c1. The van der Waals surface area contributed by atoms with E-state index in [-0.39, 0.29) is 0 Å². The van der Waals surface area contributed by atoms with Gasteiger partial charge in [-0.1, -0.05) is 43.3 Å². The Hall–Kier alpha value is -2.02. The second-order valence-corrected chi connectivity index (χ2v) is 5.55. The minimum Gasteiger partial charge on any atom is -0.489 e. The van der Waals surface area contributed by atoms with Gasteiger partial charge in [-0.2, -0.15) is 0 Å². The van der Waals surface area contributed by atoms with Crippen molar-refractivity contribution >= 4 is 5.57 Å². The van der Waals surface area contributed by atoms with Gasteiger partial charge in [0.25, 0.3) is 0 Å². The zero-order valence-corrected chi connectivity index (χ0v) is 13.4. The fourth-order valence-corrected chi connectivity index (χ4v) is 2.42. The van der Waals surface area contributed by atoms with Crippen molar-refractivity contribution in [2.75, 3.05) is 0 Å². The summed E-state index contributed by atoms with van der Waals surface area (Å²) >= 11 is 0. The molecule has 2 aromatic rings. The Bertz CT molecular complexity index is 638. The summed E-state index contributed by atoms with van der Waals surface area (Å²) in [5.74, 6) is 0.942. The van der Waals surface area contributed by atoms with Gasteiger partial charge in [-0.3, -0.25) is 0 Å². The molecule has 0 radical (unpaired) electrons. The summed E-state index contributed by atoms with van der Waals surface area (Å²) in [4.78, 5) is 0. The maximum atomic E-state index is 6.00. The van der Waals surface area contributed by atoms with Crippen molar-refractivity contribution in [1.82, 2.24) is 0 Å². The van der Waals surface area contributed by atoms with Crippen molar-refractivity contribution in [3.63, 3.8) is 0 Å². The van der Waals surface area contributed by atoms with Gasteiger partial charge < -0.3 is 4.74 Å². The molecule has 0 aliphatic heterocycles. The third-order valence-electron chi connectivity index (χ3n) is 3.67. The fourth-order valence-electron chi connectivity index (χ4n) is 2.42. The fraction of sp³-hybridized carbons (Fsp3) is 0.300. The van der Waals surface area contributed by atoms with Crippen LogP contribution >= 0.6 is 0 Å².